The normalized spacial score (nSPS) is 19.6. The van der Waals surface area contributed by atoms with Crippen molar-refractivity contribution < 1.29 is 9.21 Å². The van der Waals surface area contributed by atoms with Crippen molar-refractivity contribution in [3.63, 3.8) is 0 Å². The molecular formula is C20H26N4O2. The van der Waals surface area contributed by atoms with Crippen LogP contribution < -0.4 is 0 Å². The fourth-order valence-corrected chi connectivity index (χ4v) is 3.94. The number of furan rings is 1. The highest BCUT2D eigenvalue weighted by molar-refractivity contribution is 5.79. The molecule has 0 bridgehead atoms. The summed E-state index contributed by atoms with van der Waals surface area (Å²) in [4.78, 5) is 25.9. The third-order valence-corrected chi connectivity index (χ3v) is 5.46. The lowest BCUT2D eigenvalue weighted by Crippen LogP contribution is -2.44. The number of likely N-dealkylation sites (tertiary alicyclic amines) is 2. The first kappa shape index (κ1) is 17.2. The highest BCUT2D eigenvalue weighted by atomic mass is 16.3. The molecule has 26 heavy (non-hydrogen) atoms. The zero-order chi connectivity index (χ0) is 17.8. The SMILES string of the molecule is O=C(C1CCN(Cc2cnc(-c3ccco3)nc2)CC1)N1CCCCC1. The second-order valence-corrected chi connectivity index (χ2v) is 7.33. The Morgan fingerprint density at radius 3 is 2.46 bits per heavy atom. The van der Waals surface area contributed by atoms with Crippen LogP contribution in [-0.2, 0) is 11.3 Å². The number of aromatic nitrogens is 2. The molecule has 138 valence electrons. The Kier molecular flexibility index (Phi) is 5.29. The molecule has 0 radical (unpaired) electrons. The summed E-state index contributed by atoms with van der Waals surface area (Å²) in [6, 6.07) is 3.70. The van der Waals surface area contributed by atoms with Crippen LogP contribution in [0.4, 0.5) is 0 Å². The van der Waals surface area contributed by atoms with Gasteiger partial charge in [0.15, 0.2) is 11.6 Å². The van der Waals surface area contributed by atoms with Crippen molar-refractivity contribution in [2.75, 3.05) is 26.2 Å². The van der Waals surface area contributed by atoms with Gasteiger partial charge >= 0.3 is 0 Å². The summed E-state index contributed by atoms with van der Waals surface area (Å²) >= 11 is 0. The van der Waals surface area contributed by atoms with Crippen molar-refractivity contribution >= 4 is 5.91 Å². The highest BCUT2D eigenvalue weighted by Gasteiger charge is 2.29. The second kappa shape index (κ2) is 7.99. The first-order valence-corrected chi connectivity index (χ1v) is 9.65. The van der Waals surface area contributed by atoms with Gasteiger partial charge in [-0.3, -0.25) is 9.69 Å². The molecule has 0 unspecified atom stereocenters. The van der Waals surface area contributed by atoms with E-state index in [-0.39, 0.29) is 5.92 Å². The average molecular weight is 354 g/mol. The molecule has 6 nitrogen and oxygen atoms in total. The minimum absolute atomic E-state index is 0.210. The van der Waals surface area contributed by atoms with Crippen molar-refractivity contribution in [3.8, 4) is 11.6 Å². The topological polar surface area (TPSA) is 62.5 Å². The van der Waals surface area contributed by atoms with Gasteiger partial charge in [-0.25, -0.2) is 9.97 Å². The molecule has 0 aliphatic carbocycles. The van der Waals surface area contributed by atoms with Crippen LogP contribution in [0.3, 0.4) is 0 Å². The summed E-state index contributed by atoms with van der Waals surface area (Å²) in [6.07, 6.45) is 10.9. The number of hydrogen-bond donors (Lipinski definition) is 0. The maximum absolute atomic E-state index is 12.6. The molecular weight excluding hydrogens is 328 g/mol. The predicted octanol–water partition coefficient (Wildman–Crippen LogP) is 2.96. The van der Waals surface area contributed by atoms with Crippen molar-refractivity contribution in [1.29, 1.82) is 0 Å². The monoisotopic (exact) mass is 354 g/mol. The smallest absolute Gasteiger partial charge is 0.225 e. The summed E-state index contributed by atoms with van der Waals surface area (Å²) in [5.41, 5.74) is 1.10. The average Bonchev–Trinajstić information content (AvgIpc) is 3.24. The number of carbonyl (C=O) groups is 1. The largest absolute Gasteiger partial charge is 0.461 e. The lowest BCUT2D eigenvalue weighted by atomic mass is 9.94. The van der Waals surface area contributed by atoms with Crippen molar-refractivity contribution in [3.05, 3.63) is 36.4 Å². The third-order valence-electron chi connectivity index (χ3n) is 5.46. The van der Waals surface area contributed by atoms with Crippen LogP contribution >= 0.6 is 0 Å². The summed E-state index contributed by atoms with van der Waals surface area (Å²) in [5.74, 6) is 1.90. The Morgan fingerprint density at radius 1 is 1.08 bits per heavy atom. The molecule has 4 rings (SSSR count). The van der Waals surface area contributed by atoms with Gasteiger partial charge in [0.1, 0.15) is 0 Å². The minimum atomic E-state index is 0.210. The summed E-state index contributed by atoms with van der Waals surface area (Å²) in [7, 11) is 0. The van der Waals surface area contributed by atoms with Crippen LogP contribution in [0.5, 0.6) is 0 Å². The van der Waals surface area contributed by atoms with E-state index in [2.05, 4.69) is 19.8 Å². The van der Waals surface area contributed by atoms with Crippen molar-refractivity contribution in [1.82, 2.24) is 19.8 Å². The predicted molar refractivity (Wildman–Crippen MR) is 98.2 cm³/mol. The molecule has 0 spiro atoms. The van der Waals surface area contributed by atoms with Gasteiger partial charge in [0.05, 0.1) is 6.26 Å². The zero-order valence-corrected chi connectivity index (χ0v) is 15.1. The van der Waals surface area contributed by atoms with Crippen LogP contribution in [0, 0.1) is 5.92 Å². The standard InChI is InChI=1S/C20H26N4O2/c25-20(24-8-2-1-3-9-24)17-6-10-23(11-7-17)15-16-13-21-19(22-14-16)18-5-4-12-26-18/h4-5,12-14,17H,1-3,6-11,15H2. The molecule has 2 aromatic heterocycles. The fourth-order valence-electron chi connectivity index (χ4n) is 3.94. The molecule has 4 heterocycles. The van der Waals surface area contributed by atoms with E-state index < -0.39 is 0 Å². The number of rotatable bonds is 4. The minimum Gasteiger partial charge on any atom is -0.461 e. The van der Waals surface area contributed by atoms with Crippen LogP contribution in [0.25, 0.3) is 11.6 Å². The number of hydrogen-bond acceptors (Lipinski definition) is 5. The van der Waals surface area contributed by atoms with E-state index in [4.69, 9.17) is 4.42 Å². The summed E-state index contributed by atoms with van der Waals surface area (Å²) in [6.45, 7) is 4.67. The van der Waals surface area contributed by atoms with Gasteiger partial charge in [0.25, 0.3) is 0 Å². The molecule has 0 saturated carbocycles. The highest BCUT2D eigenvalue weighted by Crippen LogP contribution is 2.23. The number of nitrogens with zero attached hydrogens (tertiary/aromatic N) is 4. The fraction of sp³-hybridized carbons (Fsp3) is 0.550. The quantitative estimate of drug-likeness (QED) is 0.845. The first-order valence-electron chi connectivity index (χ1n) is 9.65. The Morgan fingerprint density at radius 2 is 1.81 bits per heavy atom. The molecule has 0 N–H and O–H groups in total. The molecule has 0 aromatic carbocycles. The summed E-state index contributed by atoms with van der Waals surface area (Å²) < 4.78 is 5.32. The molecule has 1 amide bonds. The van der Waals surface area contributed by atoms with E-state index in [0.29, 0.717) is 17.5 Å². The Bertz CT molecular complexity index is 700. The van der Waals surface area contributed by atoms with Gasteiger partial charge in [-0.05, 0) is 57.3 Å². The zero-order valence-electron chi connectivity index (χ0n) is 15.1. The molecule has 6 heteroatoms. The van der Waals surface area contributed by atoms with E-state index in [1.807, 2.05) is 24.5 Å². The van der Waals surface area contributed by atoms with Gasteiger partial charge < -0.3 is 9.32 Å². The maximum atomic E-state index is 12.6. The molecule has 2 aromatic rings. The van der Waals surface area contributed by atoms with Gasteiger partial charge in [-0.2, -0.15) is 0 Å². The van der Waals surface area contributed by atoms with E-state index in [1.165, 1.54) is 19.3 Å². The lowest BCUT2D eigenvalue weighted by molar-refractivity contribution is -0.138. The Labute approximate surface area is 154 Å². The van der Waals surface area contributed by atoms with Crippen LogP contribution in [-0.4, -0.2) is 51.9 Å². The molecule has 0 atom stereocenters. The molecule has 2 fully saturated rings. The van der Waals surface area contributed by atoms with Crippen molar-refractivity contribution in [2.45, 2.75) is 38.6 Å². The lowest BCUT2D eigenvalue weighted by Gasteiger charge is -2.35. The third kappa shape index (κ3) is 3.96. The van der Waals surface area contributed by atoms with E-state index in [9.17, 15) is 4.79 Å². The number of amides is 1. The number of piperidine rings is 2. The van der Waals surface area contributed by atoms with Gasteiger partial charge in [0, 0.05) is 43.5 Å². The van der Waals surface area contributed by atoms with Crippen LogP contribution in [0.2, 0.25) is 0 Å². The maximum Gasteiger partial charge on any atom is 0.225 e. The first-order chi connectivity index (χ1) is 12.8. The summed E-state index contributed by atoms with van der Waals surface area (Å²) in [5, 5.41) is 0. The van der Waals surface area contributed by atoms with Crippen molar-refractivity contribution in [2.24, 2.45) is 5.92 Å². The molecule has 2 aliphatic heterocycles. The van der Waals surface area contributed by atoms with Gasteiger partial charge in [0.2, 0.25) is 5.91 Å². The van der Waals surface area contributed by atoms with Gasteiger partial charge in [-0.1, -0.05) is 0 Å². The molecule has 2 saturated heterocycles. The van der Waals surface area contributed by atoms with Crippen LogP contribution in [0.1, 0.15) is 37.7 Å². The Hall–Kier alpha value is -2.21. The van der Waals surface area contributed by atoms with E-state index in [1.54, 1.807) is 6.26 Å². The van der Waals surface area contributed by atoms with Gasteiger partial charge in [-0.15, -0.1) is 0 Å². The number of carbonyl (C=O) groups excluding carboxylic acids is 1. The molecule has 2 aliphatic rings. The van der Waals surface area contributed by atoms with Crippen LogP contribution in [0.15, 0.2) is 35.2 Å². The second-order valence-electron chi connectivity index (χ2n) is 7.33. The van der Waals surface area contributed by atoms with E-state index >= 15 is 0 Å². The Balaban J connectivity index is 1.27. The van der Waals surface area contributed by atoms with E-state index in [0.717, 1.165) is 51.1 Å².